The van der Waals surface area contributed by atoms with Crippen molar-refractivity contribution < 1.29 is 27.1 Å². The van der Waals surface area contributed by atoms with Gasteiger partial charge >= 0.3 is 5.97 Å². The number of rotatable bonds is 5. The molecule has 106 valence electrons. The van der Waals surface area contributed by atoms with Crippen molar-refractivity contribution in [3.8, 4) is 0 Å². The van der Waals surface area contributed by atoms with Gasteiger partial charge in [-0.15, -0.1) is 0 Å². The van der Waals surface area contributed by atoms with E-state index in [0.717, 1.165) is 24.3 Å². The summed E-state index contributed by atoms with van der Waals surface area (Å²) >= 11 is 0. The molecule has 1 heterocycles. The van der Waals surface area contributed by atoms with E-state index in [2.05, 4.69) is 4.72 Å². The lowest BCUT2D eigenvalue weighted by Crippen LogP contribution is -2.23. The fourth-order valence-electron chi connectivity index (χ4n) is 1.45. The van der Waals surface area contributed by atoms with Crippen LogP contribution in [0.3, 0.4) is 0 Å². The van der Waals surface area contributed by atoms with Gasteiger partial charge in [0.25, 0.3) is 0 Å². The van der Waals surface area contributed by atoms with Crippen LogP contribution >= 0.6 is 0 Å². The van der Waals surface area contributed by atoms with Crippen molar-refractivity contribution >= 4 is 16.0 Å². The first-order chi connectivity index (χ1) is 9.38. The molecule has 1 aromatic heterocycles. The van der Waals surface area contributed by atoms with Gasteiger partial charge in [-0.2, -0.15) is 0 Å². The second kappa shape index (κ2) is 5.43. The van der Waals surface area contributed by atoms with E-state index >= 15 is 0 Å². The van der Waals surface area contributed by atoms with Gasteiger partial charge in [0.05, 0.1) is 11.4 Å². The van der Waals surface area contributed by atoms with Gasteiger partial charge in [0.1, 0.15) is 11.6 Å². The highest BCUT2D eigenvalue weighted by atomic mass is 32.2. The molecule has 2 rings (SSSR count). The minimum absolute atomic E-state index is 0.0936. The summed E-state index contributed by atoms with van der Waals surface area (Å²) in [6.45, 7) is -0.201. The smallest absolute Gasteiger partial charge is 0.371 e. The number of sulfonamides is 1. The van der Waals surface area contributed by atoms with Crippen molar-refractivity contribution in [1.82, 2.24) is 4.72 Å². The molecular weight excluding hydrogens is 289 g/mol. The zero-order valence-electron chi connectivity index (χ0n) is 10.0. The molecule has 0 saturated carbocycles. The Hall–Kier alpha value is -2.19. The molecular formula is C12H10FNO5S. The lowest BCUT2D eigenvalue weighted by Gasteiger charge is -2.05. The highest BCUT2D eigenvalue weighted by Crippen LogP contribution is 2.12. The Balaban J connectivity index is 2.08. The number of carbonyl (C=O) groups is 1. The van der Waals surface area contributed by atoms with Crippen LogP contribution < -0.4 is 4.72 Å². The van der Waals surface area contributed by atoms with Crippen LogP contribution in [0, 0.1) is 5.82 Å². The molecule has 0 aliphatic rings. The fraction of sp³-hybridized carbons (Fsp3) is 0.0833. The predicted molar refractivity (Wildman–Crippen MR) is 66.1 cm³/mol. The molecule has 1 aromatic carbocycles. The molecule has 20 heavy (non-hydrogen) atoms. The Morgan fingerprint density at radius 2 is 1.85 bits per heavy atom. The Morgan fingerprint density at radius 1 is 1.20 bits per heavy atom. The summed E-state index contributed by atoms with van der Waals surface area (Å²) in [5.74, 6) is -1.90. The van der Waals surface area contributed by atoms with E-state index in [1.165, 1.54) is 12.1 Å². The Morgan fingerprint density at radius 3 is 2.40 bits per heavy atom. The number of halogens is 1. The van der Waals surface area contributed by atoms with Crippen LogP contribution in [0.5, 0.6) is 0 Å². The van der Waals surface area contributed by atoms with Crippen molar-refractivity contribution in [2.45, 2.75) is 11.4 Å². The highest BCUT2D eigenvalue weighted by Gasteiger charge is 2.15. The molecule has 0 saturated heterocycles. The number of carboxylic acids is 1. The maximum Gasteiger partial charge on any atom is 0.371 e. The summed E-state index contributed by atoms with van der Waals surface area (Å²) in [6, 6.07) is 6.90. The van der Waals surface area contributed by atoms with Gasteiger partial charge in [0.15, 0.2) is 0 Å². The van der Waals surface area contributed by atoms with Crippen molar-refractivity contribution in [3.05, 3.63) is 53.7 Å². The number of hydrogen-bond acceptors (Lipinski definition) is 4. The van der Waals surface area contributed by atoms with Crippen molar-refractivity contribution in [1.29, 1.82) is 0 Å². The van der Waals surface area contributed by atoms with E-state index in [1.54, 1.807) is 0 Å². The monoisotopic (exact) mass is 299 g/mol. The van der Waals surface area contributed by atoms with Gasteiger partial charge in [-0.25, -0.2) is 22.3 Å². The fourth-order valence-corrected chi connectivity index (χ4v) is 2.44. The molecule has 0 unspecified atom stereocenters. The lowest BCUT2D eigenvalue weighted by molar-refractivity contribution is 0.0660. The third kappa shape index (κ3) is 3.22. The van der Waals surface area contributed by atoms with Crippen LogP contribution in [0.25, 0.3) is 0 Å². The second-order valence-electron chi connectivity index (χ2n) is 3.85. The van der Waals surface area contributed by atoms with Gasteiger partial charge in [0, 0.05) is 0 Å². The molecule has 0 fully saturated rings. The number of carboxylic acid groups (broad SMARTS) is 1. The zero-order valence-corrected chi connectivity index (χ0v) is 10.9. The number of hydrogen-bond donors (Lipinski definition) is 2. The predicted octanol–water partition coefficient (Wildman–Crippen LogP) is 1.60. The van der Waals surface area contributed by atoms with E-state index in [1.807, 2.05) is 0 Å². The molecule has 0 bridgehead atoms. The van der Waals surface area contributed by atoms with E-state index in [4.69, 9.17) is 9.52 Å². The SMILES string of the molecule is O=C(O)c1ccc(CNS(=O)(=O)c2ccc(F)cc2)o1. The first-order valence-electron chi connectivity index (χ1n) is 5.46. The molecule has 0 amide bonds. The minimum atomic E-state index is -3.81. The molecule has 0 radical (unpaired) electrons. The van der Waals surface area contributed by atoms with Crippen molar-refractivity contribution in [2.75, 3.05) is 0 Å². The van der Waals surface area contributed by atoms with Crippen LogP contribution in [0.2, 0.25) is 0 Å². The van der Waals surface area contributed by atoms with E-state index in [-0.39, 0.29) is 23.0 Å². The normalized spacial score (nSPS) is 11.4. The summed E-state index contributed by atoms with van der Waals surface area (Å²) in [5.41, 5.74) is 0. The summed E-state index contributed by atoms with van der Waals surface area (Å²) < 4.78 is 43.6. The van der Waals surface area contributed by atoms with Gasteiger partial charge in [-0.05, 0) is 36.4 Å². The number of furan rings is 1. The molecule has 0 aliphatic carbocycles. The van der Waals surface area contributed by atoms with Crippen LogP contribution in [-0.2, 0) is 16.6 Å². The minimum Gasteiger partial charge on any atom is -0.475 e. The number of aromatic carboxylic acids is 1. The summed E-state index contributed by atoms with van der Waals surface area (Å²) in [5, 5.41) is 8.66. The van der Waals surface area contributed by atoms with Crippen LogP contribution in [0.1, 0.15) is 16.3 Å². The molecule has 6 nitrogen and oxygen atoms in total. The van der Waals surface area contributed by atoms with Crippen molar-refractivity contribution in [2.24, 2.45) is 0 Å². The molecule has 0 aliphatic heterocycles. The van der Waals surface area contributed by atoms with Gasteiger partial charge in [0.2, 0.25) is 15.8 Å². The molecule has 2 N–H and O–H groups in total. The van der Waals surface area contributed by atoms with Crippen LogP contribution in [0.4, 0.5) is 4.39 Å². The van der Waals surface area contributed by atoms with Gasteiger partial charge < -0.3 is 9.52 Å². The first-order valence-corrected chi connectivity index (χ1v) is 6.94. The topological polar surface area (TPSA) is 96.6 Å². The second-order valence-corrected chi connectivity index (χ2v) is 5.62. The molecule has 8 heteroatoms. The average Bonchev–Trinajstić information content (AvgIpc) is 2.86. The third-order valence-corrected chi connectivity index (χ3v) is 3.85. The van der Waals surface area contributed by atoms with E-state index < -0.39 is 21.8 Å². The Bertz CT molecular complexity index is 721. The maximum atomic E-state index is 12.7. The first kappa shape index (κ1) is 14.2. The van der Waals surface area contributed by atoms with Gasteiger partial charge in [-0.3, -0.25) is 0 Å². The molecule has 0 atom stereocenters. The summed E-state index contributed by atoms with van der Waals surface area (Å²) in [7, 11) is -3.81. The largest absolute Gasteiger partial charge is 0.475 e. The Labute approximate surface area is 113 Å². The maximum absolute atomic E-state index is 12.7. The lowest BCUT2D eigenvalue weighted by atomic mass is 10.4. The third-order valence-electron chi connectivity index (χ3n) is 2.43. The van der Waals surface area contributed by atoms with E-state index in [0.29, 0.717) is 0 Å². The Kier molecular flexibility index (Phi) is 3.86. The molecule has 0 spiro atoms. The standard InChI is InChI=1S/C12H10FNO5S/c13-8-1-4-10(5-2-8)20(17,18)14-7-9-3-6-11(19-9)12(15)16/h1-6,14H,7H2,(H,15,16). The zero-order chi connectivity index (χ0) is 14.8. The average molecular weight is 299 g/mol. The summed E-state index contributed by atoms with van der Waals surface area (Å²) in [4.78, 5) is 10.5. The summed E-state index contributed by atoms with van der Waals surface area (Å²) in [6.07, 6.45) is 0. The molecule has 2 aromatic rings. The van der Waals surface area contributed by atoms with E-state index in [9.17, 15) is 17.6 Å². The van der Waals surface area contributed by atoms with Gasteiger partial charge in [-0.1, -0.05) is 0 Å². The van der Waals surface area contributed by atoms with Crippen LogP contribution in [0.15, 0.2) is 45.7 Å². The number of nitrogens with one attached hydrogen (secondary N) is 1. The van der Waals surface area contributed by atoms with Crippen molar-refractivity contribution in [3.63, 3.8) is 0 Å². The highest BCUT2D eigenvalue weighted by molar-refractivity contribution is 7.89. The quantitative estimate of drug-likeness (QED) is 0.874. The van der Waals surface area contributed by atoms with Crippen LogP contribution in [-0.4, -0.2) is 19.5 Å². The number of benzene rings is 1.